The summed E-state index contributed by atoms with van der Waals surface area (Å²) in [5, 5.41) is 4.07. The maximum absolute atomic E-state index is 13.3. The first-order valence-corrected chi connectivity index (χ1v) is 11.6. The minimum absolute atomic E-state index is 0.0994. The molecule has 1 aromatic heterocycles. The van der Waals surface area contributed by atoms with Gasteiger partial charge in [-0.25, -0.2) is 4.98 Å². The molecule has 0 saturated carbocycles. The highest BCUT2D eigenvalue weighted by Crippen LogP contribution is 2.22. The Balaban J connectivity index is 1.62. The van der Waals surface area contributed by atoms with Crippen LogP contribution in [0.15, 0.2) is 88.8 Å². The number of fused-ring (bicyclic) bond motifs is 1. The van der Waals surface area contributed by atoms with Crippen LogP contribution in [0.5, 0.6) is 0 Å². The number of benzene rings is 3. The van der Waals surface area contributed by atoms with Crippen LogP contribution in [0.25, 0.3) is 16.6 Å². The molecule has 0 aliphatic carbocycles. The first-order chi connectivity index (χ1) is 15.6. The van der Waals surface area contributed by atoms with Gasteiger partial charge in [-0.05, 0) is 48.7 Å². The smallest absolute Gasteiger partial charge is 0.266 e. The number of hydrogen-bond donors (Lipinski definition) is 1. The maximum Gasteiger partial charge on any atom is 0.266 e. The van der Waals surface area contributed by atoms with Gasteiger partial charge in [0.15, 0.2) is 5.16 Å². The number of nitrogens with one attached hydrogen (secondary N) is 1. The normalized spacial score (nSPS) is 11.9. The van der Waals surface area contributed by atoms with Crippen molar-refractivity contribution in [2.45, 2.75) is 31.5 Å². The molecule has 0 saturated heterocycles. The molecule has 5 nitrogen and oxygen atoms in total. The Hall–Kier alpha value is -3.38. The van der Waals surface area contributed by atoms with Crippen LogP contribution in [-0.2, 0) is 11.2 Å². The molecule has 0 aliphatic heterocycles. The van der Waals surface area contributed by atoms with Gasteiger partial charge in [0.05, 0.1) is 28.4 Å². The Morgan fingerprint density at radius 3 is 2.41 bits per heavy atom. The van der Waals surface area contributed by atoms with Crippen molar-refractivity contribution < 1.29 is 4.79 Å². The summed E-state index contributed by atoms with van der Waals surface area (Å²) in [7, 11) is 0. The van der Waals surface area contributed by atoms with Crippen LogP contribution >= 0.6 is 11.8 Å². The van der Waals surface area contributed by atoms with E-state index in [1.165, 1.54) is 17.3 Å². The molecule has 3 aromatic carbocycles. The summed E-state index contributed by atoms with van der Waals surface area (Å²) in [6, 6.07) is 24.9. The molecule has 0 spiro atoms. The summed E-state index contributed by atoms with van der Waals surface area (Å²) in [5.74, 6) is 0.0521. The van der Waals surface area contributed by atoms with Crippen molar-refractivity contribution in [3.8, 4) is 5.69 Å². The predicted molar refractivity (Wildman–Crippen MR) is 130 cm³/mol. The van der Waals surface area contributed by atoms with Gasteiger partial charge in [0.2, 0.25) is 5.91 Å². The molecule has 32 heavy (non-hydrogen) atoms. The van der Waals surface area contributed by atoms with Crippen LogP contribution in [0.4, 0.5) is 0 Å². The molecular weight excluding hydrogens is 418 g/mol. The summed E-state index contributed by atoms with van der Waals surface area (Å²) in [5.41, 5.74) is 3.47. The van der Waals surface area contributed by atoms with Crippen molar-refractivity contribution in [1.82, 2.24) is 14.9 Å². The zero-order chi connectivity index (χ0) is 22.5. The summed E-state index contributed by atoms with van der Waals surface area (Å²) in [4.78, 5) is 30.7. The Kier molecular flexibility index (Phi) is 6.71. The van der Waals surface area contributed by atoms with Crippen molar-refractivity contribution in [2.24, 2.45) is 0 Å². The van der Waals surface area contributed by atoms with Gasteiger partial charge in [-0.1, -0.05) is 73.3 Å². The molecular formula is C26H25N3O2S. The van der Waals surface area contributed by atoms with E-state index in [0.29, 0.717) is 16.1 Å². The Bertz CT molecular complexity index is 1280. The van der Waals surface area contributed by atoms with E-state index < -0.39 is 0 Å². The number of carbonyl (C=O) groups excluding carboxylic acids is 1. The minimum atomic E-state index is -0.139. The van der Waals surface area contributed by atoms with Crippen LogP contribution in [0.3, 0.4) is 0 Å². The quantitative estimate of drug-likeness (QED) is 0.325. The highest BCUT2D eigenvalue weighted by Gasteiger charge is 2.16. The lowest BCUT2D eigenvalue weighted by molar-refractivity contribution is -0.119. The van der Waals surface area contributed by atoms with Gasteiger partial charge in [-0.2, -0.15) is 0 Å². The summed E-state index contributed by atoms with van der Waals surface area (Å²) < 4.78 is 1.60. The standard InChI is InChI=1S/C26H25N3O2S/c1-3-19-13-15-21(16-14-19)29-25(31)22-11-7-8-12-23(22)28-26(29)32-17-24(30)27-18(2)20-9-5-4-6-10-20/h4-16,18H,3,17H2,1-2H3,(H,27,30)/t18-/m1/s1. The fourth-order valence-corrected chi connectivity index (χ4v) is 4.38. The topological polar surface area (TPSA) is 64.0 Å². The van der Waals surface area contributed by atoms with Crippen molar-refractivity contribution in [3.05, 3.63) is 100 Å². The van der Waals surface area contributed by atoms with Gasteiger partial charge in [-0.15, -0.1) is 0 Å². The minimum Gasteiger partial charge on any atom is -0.349 e. The molecule has 1 heterocycles. The predicted octanol–water partition coefficient (Wildman–Crippen LogP) is 4.92. The molecule has 1 atom stereocenters. The second kappa shape index (κ2) is 9.83. The lowest BCUT2D eigenvalue weighted by Crippen LogP contribution is -2.29. The summed E-state index contributed by atoms with van der Waals surface area (Å²) in [6.07, 6.45) is 0.923. The molecule has 4 rings (SSSR count). The number of rotatable bonds is 7. The number of amides is 1. The zero-order valence-corrected chi connectivity index (χ0v) is 18.9. The van der Waals surface area contributed by atoms with Crippen LogP contribution < -0.4 is 10.9 Å². The van der Waals surface area contributed by atoms with Gasteiger partial charge >= 0.3 is 0 Å². The average molecular weight is 444 g/mol. The molecule has 0 fully saturated rings. The largest absolute Gasteiger partial charge is 0.349 e. The van der Waals surface area contributed by atoms with E-state index in [9.17, 15) is 9.59 Å². The highest BCUT2D eigenvalue weighted by molar-refractivity contribution is 7.99. The molecule has 0 aliphatic rings. The third-order valence-electron chi connectivity index (χ3n) is 5.36. The van der Waals surface area contributed by atoms with Crippen molar-refractivity contribution in [1.29, 1.82) is 0 Å². The number of aromatic nitrogens is 2. The van der Waals surface area contributed by atoms with E-state index in [1.807, 2.05) is 79.7 Å². The maximum atomic E-state index is 13.3. The summed E-state index contributed by atoms with van der Waals surface area (Å²) >= 11 is 1.27. The first-order valence-electron chi connectivity index (χ1n) is 10.6. The van der Waals surface area contributed by atoms with E-state index in [-0.39, 0.29) is 23.3 Å². The van der Waals surface area contributed by atoms with Gasteiger partial charge in [0.1, 0.15) is 0 Å². The highest BCUT2D eigenvalue weighted by atomic mass is 32.2. The van der Waals surface area contributed by atoms with Crippen LogP contribution in [0.2, 0.25) is 0 Å². The van der Waals surface area contributed by atoms with Crippen molar-refractivity contribution in [3.63, 3.8) is 0 Å². The average Bonchev–Trinajstić information content (AvgIpc) is 2.83. The monoisotopic (exact) mass is 443 g/mol. The molecule has 162 valence electrons. The third kappa shape index (κ3) is 4.75. The van der Waals surface area contributed by atoms with Crippen LogP contribution in [0.1, 0.15) is 31.0 Å². The van der Waals surface area contributed by atoms with Gasteiger partial charge in [0.25, 0.3) is 5.56 Å². The second-order valence-electron chi connectivity index (χ2n) is 7.56. The van der Waals surface area contributed by atoms with E-state index in [2.05, 4.69) is 12.2 Å². The molecule has 1 N–H and O–H groups in total. The lowest BCUT2D eigenvalue weighted by Gasteiger charge is -2.16. The molecule has 1 amide bonds. The number of carbonyl (C=O) groups is 1. The Morgan fingerprint density at radius 2 is 1.69 bits per heavy atom. The van der Waals surface area contributed by atoms with E-state index in [1.54, 1.807) is 10.6 Å². The lowest BCUT2D eigenvalue weighted by atomic mass is 10.1. The van der Waals surface area contributed by atoms with Crippen LogP contribution in [0, 0.1) is 0 Å². The number of aryl methyl sites for hydroxylation is 1. The molecule has 0 bridgehead atoms. The number of hydrogen-bond acceptors (Lipinski definition) is 4. The number of para-hydroxylation sites is 1. The van der Waals surface area contributed by atoms with Crippen LogP contribution in [-0.4, -0.2) is 21.2 Å². The first kappa shape index (κ1) is 21.8. The Morgan fingerprint density at radius 1 is 1.00 bits per heavy atom. The molecule has 6 heteroatoms. The molecule has 0 radical (unpaired) electrons. The molecule has 4 aromatic rings. The summed E-state index contributed by atoms with van der Waals surface area (Å²) in [6.45, 7) is 4.05. The Labute approximate surface area is 191 Å². The van der Waals surface area contributed by atoms with E-state index in [4.69, 9.17) is 4.98 Å². The van der Waals surface area contributed by atoms with E-state index >= 15 is 0 Å². The number of thioether (sulfide) groups is 1. The zero-order valence-electron chi connectivity index (χ0n) is 18.1. The SMILES string of the molecule is CCc1ccc(-n2c(SCC(=O)N[C@H](C)c3ccccc3)nc3ccccc3c2=O)cc1. The van der Waals surface area contributed by atoms with E-state index in [0.717, 1.165) is 17.7 Å². The van der Waals surface area contributed by atoms with Crippen molar-refractivity contribution >= 4 is 28.6 Å². The molecule has 0 unspecified atom stereocenters. The van der Waals surface area contributed by atoms with Gasteiger partial charge < -0.3 is 5.32 Å². The van der Waals surface area contributed by atoms with Gasteiger partial charge in [0, 0.05) is 0 Å². The van der Waals surface area contributed by atoms with Gasteiger partial charge in [-0.3, -0.25) is 14.2 Å². The second-order valence-corrected chi connectivity index (χ2v) is 8.50. The number of nitrogens with zero attached hydrogens (tertiary/aromatic N) is 2. The fraction of sp³-hybridized carbons (Fsp3) is 0.192. The van der Waals surface area contributed by atoms with Crippen molar-refractivity contribution in [2.75, 3.05) is 5.75 Å². The third-order valence-corrected chi connectivity index (χ3v) is 6.30. The fourth-order valence-electron chi connectivity index (χ4n) is 3.56.